The Balaban J connectivity index is 2.13. The average molecular weight is 376 g/mol. The quantitative estimate of drug-likeness (QED) is 0.414. The van der Waals surface area contributed by atoms with Gasteiger partial charge in [-0.3, -0.25) is 4.79 Å². The van der Waals surface area contributed by atoms with E-state index in [1.54, 1.807) is 0 Å². The third-order valence-corrected chi connectivity index (χ3v) is 7.06. The van der Waals surface area contributed by atoms with Gasteiger partial charge >= 0.3 is 5.97 Å². The molecule has 1 saturated heterocycles. The molecule has 3 aliphatic rings. The third-order valence-electron chi connectivity index (χ3n) is 7.06. The zero-order valence-electron chi connectivity index (χ0n) is 16.5. The molecule has 1 aromatic carbocycles. The second-order valence-electron chi connectivity index (χ2n) is 9.22. The molecule has 3 N–H and O–H groups in total. The van der Waals surface area contributed by atoms with Crippen molar-refractivity contribution in [3.8, 4) is 17.2 Å². The second-order valence-corrected chi connectivity index (χ2v) is 9.22. The first-order chi connectivity index (χ1) is 12.6. The molecule has 2 aliphatic carbocycles. The van der Waals surface area contributed by atoms with Crippen molar-refractivity contribution in [2.75, 3.05) is 7.11 Å². The fourth-order valence-corrected chi connectivity index (χ4v) is 6.11. The van der Waals surface area contributed by atoms with Crippen LogP contribution in [0.4, 0.5) is 0 Å². The molecule has 0 unspecified atom stereocenters. The van der Waals surface area contributed by atoms with Crippen molar-refractivity contribution in [1.82, 2.24) is 0 Å². The molecule has 4 atom stereocenters. The number of benzene rings is 1. The van der Waals surface area contributed by atoms with Crippen LogP contribution in [0.2, 0.25) is 0 Å². The van der Waals surface area contributed by atoms with Gasteiger partial charge in [-0.1, -0.05) is 34.1 Å². The number of esters is 1. The molecule has 2 fully saturated rings. The summed E-state index contributed by atoms with van der Waals surface area (Å²) in [6, 6.07) is 0. The van der Waals surface area contributed by atoms with E-state index >= 15 is 0 Å². The highest BCUT2D eigenvalue weighted by atomic mass is 16.6. The number of carbonyl (C=O) groups excluding carboxylic acids is 1. The lowest BCUT2D eigenvalue weighted by atomic mass is 9.49. The number of fused-ring (bicyclic) bond motifs is 1. The number of phenolic OH excluding ortho intramolecular Hbond substituents is 3. The molecule has 0 aromatic heterocycles. The van der Waals surface area contributed by atoms with Crippen LogP contribution in [0.5, 0.6) is 17.2 Å². The zero-order valence-corrected chi connectivity index (χ0v) is 16.5. The van der Waals surface area contributed by atoms with Gasteiger partial charge in [0, 0.05) is 29.7 Å². The number of methoxy groups -OCH3 is 1. The summed E-state index contributed by atoms with van der Waals surface area (Å²) in [6.07, 6.45) is 1.04. The number of hydrogen-bond acceptors (Lipinski definition) is 6. The average Bonchev–Trinajstić information content (AvgIpc) is 2.82. The molecule has 1 saturated carbocycles. The molecule has 148 valence electrons. The van der Waals surface area contributed by atoms with Crippen molar-refractivity contribution in [3.63, 3.8) is 0 Å². The number of ether oxygens (including phenoxy) is 2. The summed E-state index contributed by atoms with van der Waals surface area (Å²) in [5, 5.41) is 32.8. The molecule has 6 heteroatoms. The summed E-state index contributed by atoms with van der Waals surface area (Å²) in [6.45, 7) is 7.87. The Morgan fingerprint density at radius 3 is 2.37 bits per heavy atom. The maximum atomic E-state index is 13.2. The summed E-state index contributed by atoms with van der Waals surface area (Å²) in [7, 11) is 1.52. The topological polar surface area (TPSA) is 96.2 Å². The molecule has 0 spiro atoms. The highest BCUT2D eigenvalue weighted by Gasteiger charge is 2.71. The van der Waals surface area contributed by atoms with E-state index in [1.807, 2.05) is 13.8 Å². The molecule has 4 rings (SSSR count). The van der Waals surface area contributed by atoms with E-state index in [9.17, 15) is 20.1 Å². The summed E-state index contributed by atoms with van der Waals surface area (Å²) < 4.78 is 11.5. The van der Waals surface area contributed by atoms with Crippen LogP contribution in [0.3, 0.4) is 0 Å². The summed E-state index contributed by atoms with van der Waals surface area (Å²) in [5.74, 6) is -1.59. The fourth-order valence-electron chi connectivity index (χ4n) is 6.11. The van der Waals surface area contributed by atoms with E-state index in [0.29, 0.717) is 17.5 Å². The lowest BCUT2D eigenvalue weighted by molar-refractivity contribution is -0.149. The number of hydrogen-bond donors (Lipinski definition) is 3. The Hall–Kier alpha value is -1.95. The second kappa shape index (κ2) is 5.53. The van der Waals surface area contributed by atoms with Gasteiger partial charge < -0.3 is 24.8 Å². The van der Waals surface area contributed by atoms with Gasteiger partial charge in [0.25, 0.3) is 0 Å². The summed E-state index contributed by atoms with van der Waals surface area (Å²) >= 11 is 0. The zero-order chi connectivity index (χ0) is 19.9. The summed E-state index contributed by atoms with van der Waals surface area (Å²) in [5.41, 5.74) is -0.319. The highest BCUT2D eigenvalue weighted by Crippen LogP contribution is 2.68. The molecule has 0 radical (unpaired) electrons. The van der Waals surface area contributed by atoms with E-state index in [0.717, 1.165) is 12.8 Å². The van der Waals surface area contributed by atoms with Crippen molar-refractivity contribution in [3.05, 3.63) is 16.7 Å². The number of aromatic hydroxyl groups is 3. The lowest BCUT2D eigenvalue weighted by Gasteiger charge is -2.52. The van der Waals surface area contributed by atoms with Crippen LogP contribution in [0.25, 0.3) is 0 Å². The largest absolute Gasteiger partial charge is 0.507 e. The van der Waals surface area contributed by atoms with Crippen molar-refractivity contribution in [1.29, 1.82) is 0 Å². The van der Waals surface area contributed by atoms with Crippen LogP contribution in [0, 0.1) is 11.3 Å². The van der Waals surface area contributed by atoms with Gasteiger partial charge in [0.15, 0.2) is 11.5 Å². The van der Waals surface area contributed by atoms with Crippen molar-refractivity contribution < 1.29 is 29.6 Å². The normalized spacial score (nSPS) is 33.6. The maximum absolute atomic E-state index is 13.2. The van der Waals surface area contributed by atoms with Crippen LogP contribution in [-0.2, 0) is 19.7 Å². The van der Waals surface area contributed by atoms with E-state index in [2.05, 4.69) is 13.8 Å². The summed E-state index contributed by atoms with van der Waals surface area (Å²) in [4.78, 5) is 13.2. The van der Waals surface area contributed by atoms with Crippen LogP contribution < -0.4 is 0 Å². The Morgan fingerprint density at radius 1 is 1.11 bits per heavy atom. The molecule has 1 heterocycles. The minimum atomic E-state index is -1.06. The molecular formula is C21H28O6. The van der Waals surface area contributed by atoms with E-state index in [4.69, 9.17) is 9.47 Å². The van der Waals surface area contributed by atoms with Gasteiger partial charge in [0.1, 0.15) is 23.4 Å². The molecule has 2 bridgehead atoms. The fraction of sp³-hybridized carbons (Fsp3) is 0.667. The predicted molar refractivity (Wildman–Crippen MR) is 98.0 cm³/mol. The minimum Gasteiger partial charge on any atom is -0.507 e. The predicted octanol–water partition coefficient (Wildman–Crippen LogP) is 3.62. The molecule has 6 nitrogen and oxygen atoms in total. The standard InChI is InChI=1S/C21H28O6/c1-9(2)10-13(22)11-12(15(24)14(10)23)21-8-6-7-20(3,4)18(21)17(16(11)26-5)27-19(21)25/h9,16-18,22-24H,6-8H2,1-5H3/t16-,17+,18-,21-/m0/s1. The highest BCUT2D eigenvalue weighted by molar-refractivity contribution is 5.91. The van der Waals surface area contributed by atoms with Gasteiger partial charge in [-0.15, -0.1) is 0 Å². The molecule has 0 amide bonds. The Morgan fingerprint density at radius 2 is 1.78 bits per heavy atom. The van der Waals surface area contributed by atoms with E-state index in [-0.39, 0.29) is 40.1 Å². The van der Waals surface area contributed by atoms with Gasteiger partial charge in [0.2, 0.25) is 0 Å². The number of rotatable bonds is 2. The third kappa shape index (κ3) is 2.02. The monoisotopic (exact) mass is 376 g/mol. The Bertz CT molecular complexity index is 827. The molecule has 1 aromatic rings. The number of phenols is 3. The first-order valence-electron chi connectivity index (χ1n) is 9.64. The molecule has 1 aliphatic heterocycles. The van der Waals surface area contributed by atoms with Crippen LogP contribution in [0.1, 0.15) is 75.7 Å². The van der Waals surface area contributed by atoms with Gasteiger partial charge in [-0.2, -0.15) is 0 Å². The van der Waals surface area contributed by atoms with Crippen LogP contribution in [0.15, 0.2) is 0 Å². The smallest absolute Gasteiger partial charge is 0.317 e. The Kier molecular flexibility index (Phi) is 3.77. The maximum Gasteiger partial charge on any atom is 0.317 e. The van der Waals surface area contributed by atoms with Crippen LogP contribution >= 0.6 is 0 Å². The van der Waals surface area contributed by atoms with Crippen molar-refractivity contribution in [2.45, 2.75) is 70.5 Å². The van der Waals surface area contributed by atoms with Crippen molar-refractivity contribution in [2.24, 2.45) is 11.3 Å². The first kappa shape index (κ1) is 18.4. The van der Waals surface area contributed by atoms with Crippen molar-refractivity contribution >= 4 is 5.97 Å². The SMILES string of the molecule is CO[C@H]1c2c(O)c(C(C)C)c(O)c(O)c2[C@@]23CCCC(C)(C)[C@@H]2[C@@H]1OC3=O. The molecule has 27 heavy (non-hydrogen) atoms. The minimum absolute atomic E-state index is 0.105. The van der Waals surface area contributed by atoms with Gasteiger partial charge in [0.05, 0.1) is 0 Å². The Labute approximate surface area is 159 Å². The van der Waals surface area contributed by atoms with E-state index in [1.165, 1.54) is 7.11 Å². The van der Waals surface area contributed by atoms with Crippen LogP contribution in [-0.4, -0.2) is 34.5 Å². The van der Waals surface area contributed by atoms with Gasteiger partial charge in [-0.05, 0) is 24.2 Å². The van der Waals surface area contributed by atoms with Gasteiger partial charge in [-0.25, -0.2) is 0 Å². The first-order valence-corrected chi connectivity index (χ1v) is 9.64. The molecular weight excluding hydrogens is 348 g/mol. The number of carbonyl (C=O) groups is 1. The lowest BCUT2D eigenvalue weighted by Crippen LogP contribution is -2.54. The van der Waals surface area contributed by atoms with E-state index < -0.39 is 23.6 Å².